The third-order valence-corrected chi connectivity index (χ3v) is 3.59. The fourth-order valence-electron chi connectivity index (χ4n) is 2.07. The van der Waals surface area contributed by atoms with Gasteiger partial charge in [-0.3, -0.25) is 4.79 Å². The molecular formula is C16H27N3O2. The molecule has 0 aliphatic rings. The van der Waals surface area contributed by atoms with E-state index in [4.69, 9.17) is 10.5 Å². The van der Waals surface area contributed by atoms with E-state index >= 15 is 0 Å². The van der Waals surface area contributed by atoms with Crippen molar-refractivity contribution in [2.75, 3.05) is 27.7 Å². The van der Waals surface area contributed by atoms with Crippen LogP contribution < -0.4 is 15.8 Å². The Labute approximate surface area is 127 Å². The highest BCUT2D eigenvalue weighted by molar-refractivity contribution is 5.81. The topological polar surface area (TPSA) is 67.6 Å². The Morgan fingerprint density at radius 3 is 2.57 bits per heavy atom. The van der Waals surface area contributed by atoms with Crippen LogP contribution in [0.2, 0.25) is 0 Å². The van der Waals surface area contributed by atoms with Gasteiger partial charge >= 0.3 is 0 Å². The molecular weight excluding hydrogens is 266 g/mol. The molecule has 0 heterocycles. The van der Waals surface area contributed by atoms with Crippen LogP contribution >= 0.6 is 0 Å². The molecule has 2 atom stereocenters. The average molecular weight is 293 g/mol. The van der Waals surface area contributed by atoms with E-state index in [0.717, 1.165) is 11.3 Å². The normalized spacial score (nSPS) is 14.1. The first-order valence-corrected chi connectivity index (χ1v) is 7.20. The van der Waals surface area contributed by atoms with Gasteiger partial charge < -0.3 is 20.7 Å². The zero-order valence-corrected chi connectivity index (χ0v) is 13.6. The number of amides is 1. The maximum Gasteiger partial charge on any atom is 0.237 e. The van der Waals surface area contributed by atoms with Gasteiger partial charge in [0.25, 0.3) is 0 Å². The van der Waals surface area contributed by atoms with Crippen molar-refractivity contribution < 1.29 is 9.53 Å². The molecule has 0 saturated carbocycles. The highest BCUT2D eigenvalue weighted by Crippen LogP contribution is 2.22. The van der Waals surface area contributed by atoms with Gasteiger partial charge in [0.1, 0.15) is 5.75 Å². The van der Waals surface area contributed by atoms with Crippen LogP contribution in [0, 0.1) is 5.92 Å². The number of carbonyl (C=O) groups excluding carboxylic acids is 1. The number of nitrogens with two attached hydrogens (primary N) is 1. The third-order valence-electron chi connectivity index (χ3n) is 3.59. The first-order valence-electron chi connectivity index (χ1n) is 7.20. The maximum atomic E-state index is 12.0. The van der Waals surface area contributed by atoms with Gasteiger partial charge in [-0.05, 0) is 37.7 Å². The summed E-state index contributed by atoms with van der Waals surface area (Å²) in [6.45, 7) is 4.39. The molecule has 0 saturated heterocycles. The highest BCUT2D eigenvalue weighted by Gasteiger charge is 2.20. The van der Waals surface area contributed by atoms with Crippen LogP contribution in [0.3, 0.4) is 0 Å². The SMILES string of the molecule is COc1cccc(C(CNC(=O)[C@H](N)C(C)C)N(C)C)c1. The van der Waals surface area contributed by atoms with Crippen molar-refractivity contribution in [1.82, 2.24) is 10.2 Å². The number of hydrogen-bond donors (Lipinski definition) is 2. The Morgan fingerprint density at radius 1 is 1.38 bits per heavy atom. The van der Waals surface area contributed by atoms with E-state index in [2.05, 4.69) is 10.2 Å². The molecule has 1 amide bonds. The summed E-state index contributed by atoms with van der Waals surface area (Å²) >= 11 is 0. The lowest BCUT2D eigenvalue weighted by molar-refractivity contribution is -0.123. The van der Waals surface area contributed by atoms with Crippen molar-refractivity contribution in [3.63, 3.8) is 0 Å². The summed E-state index contributed by atoms with van der Waals surface area (Å²) < 4.78 is 5.25. The molecule has 5 nitrogen and oxygen atoms in total. The smallest absolute Gasteiger partial charge is 0.237 e. The summed E-state index contributed by atoms with van der Waals surface area (Å²) in [4.78, 5) is 14.1. The van der Waals surface area contributed by atoms with Crippen LogP contribution in [0.15, 0.2) is 24.3 Å². The van der Waals surface area contributed by atoms with Crippen molar-refractivity contribution in [2.24, 2.45) is 11.7 Å². The van der Waals surface area contributed by atoms with Crippen molar-refractivity contribution in [3.8, 4) is 5.75 Å². The molecule has 1 aromatic rings. The molecule has 1 unspecified atom stereocenters. The molecule has 0 bridgehead atoms. The standard InChI is InChI=1S/C16H27N3O2/c1-11(2)15(17)16(20)18-10-14(19(3)4)12-7-6-8-13(9-12)21-5/h6-9,11,14-15H,10,17H2,1-5H3,(H,18,20)/t14?,15-/m1/s1. The summed E-state index contributed by atoms with van der Waals surface area (Å²) in [6.07, 6.45) is 0. The van der Waals surface area contributed by atoms with E-state index in [-0.39, 0.29) is 17.9 Å². The quantitative estimate of drug-likeness (QED) is 0.797. The van der Waals surface area contributed by atoms with Gasteiger partial charge in [-0.15, -0.1) is 0 Å². The van der Waals surface area contributed by atoms with E-state index in [1.807, 2.05) is 52.2 Å². The van der Waals surface area contributed by atoms with Crippen molar-refractivity contribution in [2.45, 2.75) is 25.9 Å². The molecule has 118 valence electrons. The van der Waals surface area contributed by atoms with Crippen LogP contribution in [0.1, 0.15) is 25.5 Å². The molecule has 0 aliphatic carbocycles. The second-order valence-electron chi connectivity index (χ2n) is 5.77. The van der Waals surface area contributed by atoms with E-state index in [1.165, 1.54) is 0 Å². The van der Waals surface area contributed by atoms with E-state index in [0.29, 0.717) is 6.54 Å². The second kappa shape index (κ2) is 8.00. The lowest BCUT2D eigenvalue weighted by Gasteiger charge is -2.26. The number of rotatable bonds is 7. The number of carbonyl (C=O) groups is 1. The van der Waals surface area contributed by atoms with Crippen molar-refractivity contribution in [1.29, 1.82) is 0 Å². The molecule has 0 radical (unpaired) electrons. The van der Waals surface area contributed by atoms with Gasteiger partial charge in [-0.1, -0.05) is 26.0 Å². The summed E-state index contributed by atoms with van der Waals surface area (Å²) in [7, 11) is 5.62. The molecule has 0 spiro atoms. The van der Waals surface area contributed by atoms with Gasteiger partial charge in [0.15, 0.2) is 0 Å². The largest absolute Gasteiger partial charge is 0.497 e. The third kappa shape index (κ3) is 5.02. The van der Waals surface area contributed by atoms with Crippen LogP contribution in [0.4, 0.5) is 0 Å². The van der Waals surface area contributed by atoms with E-state index < -0.39 is 6.04 Å². The number of likely N-dealkylation sites (N-methyl/N-ethyl adjacent to an activating group) is 1. The summed E-state index contributed by atoms with van der Waals surface area (Å²) in [5, 5.41) is 2.93. The summed E-state index contributed by atoms with van der Waals surface area (Å²) in [5.41, 5.74) is 6.96. The van der Waals surface area contributed by atoms with Gasteiger partial charge in [-0.25, -0.2) is 0 Å². The van der Waals surface area contributed by atoms with E-state index in [9.17, 15) is 4.79 Å². The molecule has 0 aromatic heterocycles. The number of nitrogens with zero attached hydrogens (tertiary/aromatic N) is 1. The zero-order valence-electron chi connectivity index (χ0n) is 13.6. The van der Waals surface area contributed by atoms with Crippen LogP contribution in [0.5, 0.6) is 5.75 Å². The highest BCUT2D eigenvalue weighted by atomic mass is 16.5. The molecule has 3 N–H and O–H groups in total. The van der Waals surface area contributed by atoms with Crippen LogP contribution in [-0.2, 0) is 4.79 Å². The number of benzene rings is 1. The Hall–Kier alpha value is -1.59. The van der Waals surface area contributed by atoms with Crippen molar-refractivity contribution >= 4 is 5.91 Å². The van der Waals surface area contributed by atoms with Gasteiger partial charge in [0.2, 0.25) is 5.91 Å². The molecule has 1 aromatic carbocycles. The number of ether oxygens (including phenoxy) is 1. The number of hydrogen-bond acceptors (Lipinski definition) is 4. The summed E-state index contributed by atoms with van der Waals surface area (Å²) in [6, 6.07) is 7.47. The predicted octanol–water partition coefficient (Wildman–Crippen LogP) is 1.40. The average Bonchev–Trinajstić information content (AvgIpc) is 2.46. The molecule has 1 rings (SSSR count). The minimum absolute atomic E-state index is 0.0726. The zero-order chi connectivity index (χ0) is 16.0. The first-order chi connectivity index (χ1) is 9.86. The lowest BCUT2D eigenvalue weighted by atomic mass is 10.0. The Morgan fingerprint density at radius 2 is 2.05 bits per heavy atom. The Balaban J connectivity index is 2.76. The molecule has 0 aliphatic heterocycles. The Kier molecular flexibility index (Phi) is 6.65. The van der Waals surface area contributed by atoms with Gasteiger partial charge in [0.05, 0.1) is 19.2 Å². The minimum atomic E-state index is -0.474. The minimum Gasteiger partial charge on any atom is -0.497 e. The molecule has 5 heteroatoms. The van der Waals surface area contributed by atoms with Crippen LogP contribution in [-0.4, -0.2) is 44.6 Å². The number of nitrogens with one attached hydrogen (secondary N) is 1. The predicted molar refractivity (Wildman–Crippen MR) is 85.2 cm³/mol. The fourth-order valence-corrected chi connectivity index (χ4v) is 2.07. The van der Waals surface area contributed by atoms with Crippen LogP contribution in [0.25, 0.3) is 0 Å². The van der Waals surface area contributed by atoms with Gasteiger partial charge in [-0.2, -0.15) is 0 Å². The van der Waals surface area contributed by atoms with Gasteiger partial charge in [0, 0.05) is 6.54 Å². The molecule has 21 heavy (non-hydrogen) atoms. The number of methoxy groups -OCH3 is 1. The second-order valence-corrected chi connectivity index (χ2v) is 5.77. The van der Waals surface area contributed by atoms with E-state index in [1.54, 1.807) is 7.11 Å². The monoisotopic (exact) mass is 293 g/mol. The lowest BCUT2D eigenvalue weighted by Crippen LogP contribution is -2.46. The first kappa shape index (κ1) is 17.5. The van der Waals surface area contributed by atoms with Crippen molar-refractivity contribution in [3.05, 3.63) is 29.8 Å². The fraction of sp³-hybridized carbons (Fsp3) is 0.562. The summed E-state index contributed by atoms with van der Waals surface area (Å²) in [5.74, 6) is 0.823. The Bertz CT molecular complexity index is 461. The molecule has 0 fully saturated rings. The maximum absolute atomic E-state index is 12.0.